The fraction of sp³-hybridized carbons (Fsp3) is 0.333. The number of hydrogen-bond acceptors (Lipinski definition) is 6. The first kappa shape index (κ1) is 18.0. The summed E-state index contributed by atoms with van der Waals surface area (Å²) in [5.74, 6) is -0.277. The summed E-state index contributed by atoms with van der Waals surface area (Å²) in [5.41, 5.74) is 3.37. The lowest BCUT2D eigenvalue weighted by Gasteiger charge is -2.10. The van der Waals surface area contributed by atoms with Gasteiger partial charge in [-0.05, 0) is 26.0 Å². The minimum Gasteiger partial charge on any atom is -0.348 e. The molecule has 2 aromatic heterocycles. The number of hydrogen-bond donors (Lipinski definition) is 2. The van der Waals surface area contributed by atoms with Gasteiger partial charge in [-0.2, -0.15) is 0 Å². The van der Waals surface area contributed by atoms with Crippen molar-refractivity contribution in [2.75, 3.05) is 6.26 Å². The van der Waals surface area contributed by atoms with Crippen molar-refractivity contribution in [1.82, 2.24) is 25.0 Å². The molecule has 0 spiro atoms. The highest BCUT2D eigenvalue weighted by Crippen LogP contribution is 2.08. The molecule has 2 heterocycles. The molecule has 2 aromatic rings. The summed E-state index contributed by atoms with van der Waals surface area (Å²) in [6.45, 7) is 4.07. The van der Waals surface area contributed by atoms with Crippen LogP contribution in [0.25, 0.3) is 0 Å². The third-order valence-electron chi connectivity index (χ3n) is 3.40. The van der Waals surface area contributed by atoms with E-state index in [9.17, 15) is 13.2 Å². The number of rotatable bonds is 6. The molecule has 0 aliphatic heterocycles. The number of amides is 1. The van der Waals surface area contributed by atoms with Gasteiger partial charge in [0.25, 0.3) is 5.91 Å². The molecule has 0 aliphatic rings. The average Bonchev–Trinajstić information content (AvgIpc) is 2.52. The Morgan fingerprint density at radius 3 is 2.42 bits per heavy atom. The quantitative estimate of drug-likeness (QED) is 0.783. The van der Waals surface area contributed by atoms with Crippen LogP contribution >= 0.6 is 0 Å². The van der Waals surface area contributed by atoms with Gasteiger partial charge in [0.1, 0.15) is 6.33 Å². The highest BCUT2D eigenvalue weighted by Gasteiger charge is 2.10. The van der Waals surface area contributed by atoms with Crippen LogP contribution in [0, 0.1) is 13.8 Å². The van der Waals surface area contributed by atoms with Crippen molar-refractivity contribution >= 4 is 15.9 Å². The van der Waals surface area contributed by atoms with Gasteiger partial charge >= 0.3 is 0 Å². The van der Waals surface area contributed by atoms with Gasteiger partial charge in [-0.15, -0.1) is 0 Å². The Kier molecular flexibility index (Phi) is 5.58. The van der Waals surface area contributed by atoms with Crippen LogP contribution in [-0.4, -0.2) is 35.5 Å². The highest BCUT2D eigenvalue weighted by atomic mass is 32.2. The predicted octanol–water partition coefficient (Wildman–Crippen LogP) is 0.468. The number of carbonyl (C=O) groups excluding carboxylic acids is 1. The average molecular weight is 349 g/mol. The van der Waals surface area contributed by atoms with E-state index >= 15 is 0 Å². The maximum absolute atomic E-state index is 12.3. The Morgan fingerprint density at radius 1 is 1.12 bits per heavy atom. The van der Waals surface area contributed by atoms with E-state index in [1.165, 1.54) is 12.5 Å². The van der Waals surface area contributed by atoms with E-state index in [1.807, 2.05) is 13.8 Å². The number of aryl methyl sites for hydroxylation is 2. The molecule has 0 fully saturated rings. The number of nitrogens with one attached hydrogen (secondary N) is 2. The maximum atomic E-state index is 12.3. The molecule has 0 aliphatic carbocycles. The number of carbonyl (C=O) groups is 1. The molecular weight excluding hydrogens is 330 g/mol. The molecule has 0 radical (unpaired) electrons. The number of sulfonamides is 1. The van der Waals surface area contributed by atoms with Gasteiger partial charge in [0, 0.05) is 35.3 Å². The monoisotopic (exact) mass is 349 g/mol. The second-order valence-corrected chi connectivity index (χ2v) is 7.17. The zero-order valence-corrected chi connectivity index (χ0v) is 14.5. The Labute approximate surface area is 140 Å². The summed E-state index contributed by atoms with van der Waals surface area (Å²) in [5, 5.41) is 2.81. The summed E-state index contributed by atoms with van der Waals surface area (Å²) >= 11 is 0. The Morgan fingerprint density at radius 2 is 1.79 bits per heavy atom. The molecular formula is C15H19N5O3S. The van der Waals surface area contributed by atoms with Gasteiger partial charge < -0.3 is 5.32 Å². The lowest BCUT2D eigenvalue weighted by molar-refractivity contribution is 0.0950. The summed E-state index contributed by atoms with van der Waals surface area (Å²) in [4.78, 5) is 24.5. The van der Waals surface area contributed by atoms with Gasteiger partial charge in [0.2, 0.25) is 10.0 Å². The van der Waals surface area contributed by atoms with E-state index in [0.717, 1.165) is 23.2 Å². The van der Waals surface area contributed by atoms with Gasteiger partial charge in [-0.1, -0.05) is 0 Å². The molecule has 9 heteroatoms. The number of nitrogens with zero attached hydrogens (tertiary/aromatic N) is 3. The number of pyridine rings is 1. The van der Waals surface area contributed by atoms with Crippen LogP contribution in [0.15, 0.2) is 24.7 Å². The van der Waals surface area contributed by atoms with E-state index < -0.39 is 10.0 Å². The van der Waals surface area contributed by atoms with Crippen LogP contribution in [0.1, 0.15) is 33.0 Å². The SMILES string of the molecule is Cc1ncnc(C)c1CNC(=O)c1ccnc(CNS(C)(=O)=O)c1. The van der Waals surface area contributed by atoms with E-state index in [2.05, 4.69) is 25.0 Å². The molecule has 0 saturated carbocycles. The van der Waals surface area contributed by atoms with Crippen molar-refractivity contribution in [2.24, 2.45) is 0 Å². The van der Waals surface area contributed by atoms with Gasteiger partial charge in [0.15, 0.2) is 0 Å². The van der Waals surface area contributed by atoms with Crippen molar-refractivity contribution in [3.8, 4) is 0 Å². The van der Waals surface area contributed by atoms with Crippen molar-refractivity contribution < 1.29 is 13.2 Å². The molecule has 2 N–H and O–H groups in total. The minimum absolute atomic E-state index is 0.0324. The Balaban J connectivity index is 2.05. The molecule has 0 saturated heterocycles. The van der Waals surface area contributed by atoms with Crippen LogP contribution in [0.4, 0.5) is 0 Å². The fourth-order valence-corrected chi connectivity index (χ4v) is 2.48. The largest absolute Gasteiger partial charge is 0.348 e. The zero-order chi connectivity index (χ0) is 17.7. The molecule has 0 bridgehead atoms. The zero-order valence-electron chi connectivity index (χ0n) is 13.7. The molecule has 8 nitrogen and oxygen atoms in total. The molecule has 2 rings (SSSR count). The third kappa shape index (κ3) is 5.07. The van der Waals surface area contributed by atoms with Crippen LogP contribution in [0.3, 0.4) is 0 Å². The van der Waals surface area contributed by atoms with E-state index in [4.69, 9.17) is 0 Å². The molecule has 0 unspecified atom stereocenters. The van der Waals surface area contributed by atoms with Gasteiger partial charge in [0.05, 0.1) is 18.5 Å². The third-order valence-corrected chi connectivity index (χ3v) is 4.06. The maximum Gasteiger partial charge on any atom is 0.251 e. The molecule has 128 valence electrons. The topological polar surface area (TPSA) is 114 Å². The molecule has 1 amide bonds. The van der Waals surface area contributed by atoms with Crippen LogP contribution < -0.4 is 10.0 Å². The fourth-order valence-electron chi connectivity index (χ4n) is 2.07. The van der Waals surface area contributed by atoms with Crippen molar-refractivity contribution in [1.29, 1.82) is 0 Å². The van der Waals surface area contributed by atoms with Crippen molar-refractivity contribution in [3.05, 3.63) is 52.9 Å². The summed E-state index contributed by atoms with van der Waals surface area (Å²) in [7, 11) is -3.32. The Bertz CT molecular complexity index is 832. The van der Waals surface area contributed by atoms with Crippen molar-refractivity contribution in [3.63, 3.8) is 0 Å². The van der Waals surface area contributed by atoms with E-state index in [1.54, 1.807) is 12.1 Å². The minimum atomic E-state index is -3.32. The summed E-state index contributed by atoms with van der Waals surface area (Å²) < 4.78 is 24.6. The molecule has 0 aromatic carbocycles. The lowest BCUT2D eigenvalue weighted by atomic mass is 10.1. The second kappa shape index (κ2) is 7.45. The van der Waals surface area contributed by atoms with Crippen LogP contribution in [-0.2, 0) is 23.1 Å². The highest BCUT2D eigenvalue weighted by molar-refractivity contribution is 7.88. The molecule has 24 heavy (non-hydrogen) atoms. The Hall–Kier alpha value is -2.39. The first-order valence-electron chi connectivity index (χ1n) is 7.21. The standard InChI is InChI=1S/C15H19N5O3S/c1-10-14(11(2)19-9-18-10)8-17-15(21)12-4-5-16-13(6-12)7-20-24(3,22)23/h4-6,9,20H,7-8H2,1-3H3,(H,17,21). The lowest BCUT2D eigenvalue weighted by Crippen LogP contribution is -2.25. The smallest absolute Gasteiger partial charge is 0.251 e. The first-order chi connectivity index (χ1) is 11.3. The van der Waals surface area contributed by atoms with Crippen molar-refractivity contribution in [2.45, 2.75) is 26.9 Å². The number of aromatic nitrogens is 3. The van der Waals surface area contributed by atoms with E-state index in [0.29, 0.717) is 17.8 Å². The van der Waals surface area contributed by atoms with Crippen LogP contribution in [0.5, 0.6) is 0 Å². The normalized spacial score (nSPS) is 11.3. The second-order valence-electron chi connectivity index (χ2n) is 5.33. The van der Waals surface area contributed by atoms with Gasteiger partial charge in [-0.3, -0.25) is 9.78 Å². The molecule has 0 atom stereocenters. The summed E-state index contributed by atoms with van der Waals surface area (Å²) in [6.07, 6.45) is 4.02. The van der Waals surface area contributed by atoms with E-state index in [-0.39, 0.29) is 12.5 Å². The first-order valence-corrected chi connectivity index (χ1v) is 9.10. The van der Waals surface area contributed by atoms with Gasteiger partial charge in [-0.25, -0.2) is 23.1 Å². The predicted molar refractivity (Wildman–Crippen MR) is 88.6 cm³/mol. The van der Waals surface area contributed by atoms with Crippen LogP contribution in [0.2, 0.25) is 0 Å². The summed E-state index contributed by atoms with van der Waals surface area (Å²) in [6, 6.07) is 3.12.